The lowest BCUT2D eigenvalue weighted by Crippen LogP contribution is -2.29. The molecule has 0 heterocycles. The molecule has 0 saturated carbocycles. The molecule has 254 valence electrons. The lowest BCUT2D eigenvalue weighted by Gasteiger charge is -2.34. The van der Waals surface area contributed by atoms with Gasteiger partial charge in [0.15, 0.2) is 0 Å². The van der Waals surface area contributed by atoms with Crippen LogP contribution in [0.4, 0.5) is 22.7 Å². The third-order valence-corrected chi connectivity index (χ3v) is 10.4. The average molecular weight is 687 g/mol. The van der Waals surface area contributed by atoms with Crippen LogP contribution in [0.15, 0.2) is 170 Å². The zero-order chi connectivity index (χ0) is 36.1. The fourth-order valence-electron chi connectivity index (χ4n) is 7.89. The Morgan fingerprint density at radius 3 is 1.15 bits per heavy atom. The molecule has 53 heavy (non-hydrogen) atoms. The van der Waals surface area contributed by atoms with Crippen molar-refractivity contribution in [2.45, 2.75) is 5.41 Å². The van der Waals surface area contributed by atoms with E-state index in [1.807, 2.05) is 121 Å². The zero-order valence-corrected chi connectivity index (χ0v) is 28.6. The van der Waals surface area contributed by atoms with Gasteiger partial charge in [0.1, 0.15) is 0 Å². The van der Waals surface area contributed by atoms with Gasteiger partial charge in [0.2, 0.25) is 0 Å². The maximum absolute atomic E-state index is 13.6. The highest BCUT2D eigenvalue weighted by Crippen LogP contribution is 2.56. The van der Waals surface area contributed by atoms with Gasteiger partial charge in [-0.3, -0.25) is 9.59 Å². The van der Waals surface area contributed by atoms with Crippen molar-refractivity contribution in [1.29, 1.82) is 0 Å². The first-order valence-electron chi connectivity index (χ1n) is 17.5. The Labute approximate surface area is 306 Å². The molecule has 0 fully saturated rings. The predicted molar refractivity (Wildman–Crippen MR) is 216 cm³/mol. The van der Waals surface area contributed by atoms with E-state index in [0.717, 1.165) is 54.9 Å². The quantitative estimate of drug-likeness (QED) is 0.131. The third-order valence-electron chi connectivity index (χ3n) is 10.4. The largest absolute Gasteiger partial charge is 0.397 e. The predicted octanol–water partition coefficient (Wildman–Crippen LogP) is 10.0. The van der Waals surface area contributed by atoms with E-state index in [0.29, 0.717) is 33.9 Å². The minimum absolute atomic E-state index is 0.248. The number of fused-ring (bicyclic) bond motifs is 5. The van der Waals surface area contributed by atoms with Crippen LogP contribution in [0.25, 0.3) is 32.7 Å². The number of nitrogens with two attached hydrogens (primary N) is 2. The lowest BCUT2D eigenvalue weighted by molar-refractivity contribution is 0.101. The van der Waals surface area contributed by atoms with E-state index in [9.17, 15) is 9.59 Å². The summed E-state index contributed by atoms with van der Waals surface area (Å²) in [5.41, 5.74) is 21.7. The van der Waals surface area contributed by atoms with Crippen molar-refractivity contribution in [2.75, 3.05) is 22.1 Å². The highest BCUT2D eigenvalue weighted by Gasteiger charge is 2.45. The van der Waals surface area contributed by atoms with Crippen molar-refractivity contribution < 1.29 is 9.59 Å². The normalized spacial score (nSPS) is 12.6. The summed E-state index contributed by atoms with van der Waals surface area (Å²) in [6, 6.07) is 55.8. The number of hydrogen-bond donors (Lipinski definition) is 4. The molecule has 8 aromatic rings. The lowest BCUT2D eigenvalue weighted by atomic mass is 9.67. The molecule has 6 heteroatoms. The fraction of sp³-hybridized carbons (Fsp3) is 0.0213. The van der Waals surface area contributed by atoms with Gasteiger partial charge < -0.3 is 22.1 Å². The topological polar surface area (TPSA) is 110 Å². The summed E-state index contributed by atoms with van der Waals surface area (Å²) in [6.45, 7) is 0. The third kappa shape index (κ3) is 5.27. The SMILES string of the molecule is Nc1cc2ccccc2cc1NC(=O)c1ccc(C2(c3ccc(C(=O)Nc4cc5ccccc5cc4N)cc3)c3ccccc3-c3ccccc32)cc1. The van der Waals surface area contributed by atoms with Crippen LogP contribution in [0, 0.1) is 0 Å². The van der Waals surface area contributed by atoms with Crippen LogP contribution < -0.4 is 22.1 Å². The summed E-state index contributed by atoms with van der Waals surface area (Å²) >= 11 is 0. The molecule has 1 aliphatic carbocycles. The Morgan fingerprint density at radius 1 is 0.415 bits per heavy atom. The zero-order valence-electron chi connectivity index (χ0n) is 28.6. The molecule has 2 amide bonds. The number of rotatable bonds is 6. The average Bonchev–Trinajstić information content (AvgIpc) is 3.49. The van der Waals surface area contributed by atoms with Crippen molar-refractivity contribution in [3.05, 3.63) is 203 Å². The molecular formula is C47H34N4O2. The van der Waals surface area contributed by atoms with E-state index in [1.54, 1.807) is 0 Å². The number of amides is 2. The van der Waals surface area contributed by atoms with Gasteiger partial charge in [-0.1, -0.05) is 121 Å². The molecule has 0 bridgehead atoms. The molecule has 1 aliphatic rings. The smallest absolute Gasteiger partial charge is 0.255 e. The number of benzene rings is 8. The van der Waals surface area contributed by atoms with E-state index in [4.69, 9.17) is 11.5 Å². The van der Waals surface area contributed by atoms with Gasteiger partial charge in [-0.15, -0.1) is 0 Å². The van der Waals surface area contributed by atoms with E-state index in [-0.39, 0.29) is 11.8 Å². The highest BCUT2D eigenvalue weighted by molar-refractivity contribution is 6.08. The number of carbonyl (C=O) groups is 2. The van der Waals surface area contributed by atoms with Gasteiger partial charge in [0, 0.05) is 11.1 Å². The molecule has 6 N–H and O–H groups in total. The number of anilines is 4. The molecule has 0 spiro atoms. The molecule has 8 aromatic carbocycles. The summed E-state index contributed by atoms with van der Waals surface area (Å²) < 4.78 is 0. The Morgan fingerprint density at radius 2 is 0.755 bits per heavy atom. The second-order valence-corrected chi connectivity index (χ2v) is 13.5. The van der Waals surface area contributed by atoms with Crippen molar-refractivity contribution in [2.24, 2.45) is 0 Å². The van der Waals surface area contributed by atoms with Gasteiger partial charge in [-0.05, 0) is 103 Å². The summed E-state index contributed by atoms with van der Waals surface area (Å²) in [5.74, 6) is -0.496. The summed E-state index contributed by atoms with van der Waals surface area (Å²) in [6.07, 6.45) is 0. The van der Waals surface area contributed by atoms with Crippen molar-refractivity contribution in [3.63, 3.8) is 0 Å². The molecule has 0 aliphatic heterocycles. The second kappa shape index (κ2) is 12.5. The van der Waals surface area contributed by atoms with Crippen LogP contribution in [-0.4, -0.2) is 11.8 Å². The van der Waals surface area contributed by atoms with Crippen molar-refractivity contribution in [1.82, 2.24) is 0 Å². The van der Waals surface area contributed by atoms with E-state index in [1.165, 1.54) is 0 Å². The molecule has 0 radical (unpaired) electrons. The molecule has 0 unspecified atom stereocenters. The second-order valence-electron chi connectivity index (χ2n) is 13.5. The molecule has 0 atom stereocenters. The Balaban J connectivity index is 1.08. The van der Waals surface area contributed by atoms with Crippen LogP contribution in [0.2, 0.25) is 0 Å². The first-order chi connectivity index (χ1) is 25.9. The Hall–Kier alpha value is -7.18. The summed E-state index contributed by atoms with van der Waals surface area (Å²) in [5, 5.41) is 10.0. The first kappa shape index (κ1) is 31.8. The Bertz CT molecular complexity index is 2550. The van der Waals surface area contributed by atoms with Gasteiger partial charge in [0.25, 0.3) is 11.8 Å². The first-order valence-corrected chi connectivity index (χ1v) is 17.5. The maximum Gasteiger partial charge on any atom is 0.255 e. The van der Waals surface area contributed by atoms with Crippen LogP contribution in [0.5, 0.6) is 0 Å². The minimum Gasteiger partial charge on any atom is -0.397 e. The van der Waals surface area contributed by atoms with Crippen molar-refractivity contribution in [3.8, 4) is 11.1 Å². The highest BCUT2D eigenvalue weighted by atomic mass is 16.2. The number of hydrogen-bond acceptors (Lipinski definition) is 4. The monoisotopic (exact) mass is 686 g/mol. The van der Waals surface area contributed by atoms with Gasteiger partial charge >= 0.3 is 0 Å². The van der Waals surface area contributed by atoms with Crippen molar-refractivity contribution >= 4 is 56.1 Å². The summed E-state index contributed by atoms with van der Waals surface area (Å²) in [4.78, 5) is 27.2. The van der Waals surface area contributed by atoms with Crippen LogP contribution >= 0.6 is 0 Å². The maximum atomic E-state index is 13.6. The van der Waals surface area contributed by atoms with Crippen LogP contribution in [0.3, 0.4) is 0 Å². The number of nitrogen functional groups attached to an aromatic ring is 2. The van der Waals surface area contributed by atoms with E-state index < -0.39 is 5.41 Å². The minimum atomic E-state index is -0.706. The fourth-order valence-corrected chi connectivity index (χ4v) is 7.89. The molecular weight excluding hydrogens is 653 g/mol. The molecule has 6 nitrogen and oxygen atoms in total. The van der Waals surface area contributed by atoms with Gasteiger partial charge in [0.05, 0.1) is 28.2 Å². The summed E-state index contributed by atoms with van der Waals surface area (Å²) in [7, 11) is 0. The molecule has 0 saturated heterocycles. The number of carbonyl (C=O) groups excluding carboxylic acids is 2. The molecule has 9 rings (SSSR count). The number of nitrogens with one attached hydrogen (secondary N) is 2. The standard InChI is InChI=1S/C47H34N4O2/c48-41-25-31-9-1-3-11-33(31)27-43(41)50-45(52)29-17-21-35(22-18-29)47(39-15-7-5-13-37(39)38-14-6-8-16-40(38)47)36-23-19-30(20-24-36)46(53)51-44-28-34-12-4-2-10-32(34)26-42(44)49/h1-28H,48-49H2,(H,50,52)(H,51,53). The van der Waals surface area contributed by atoms with E-state index >= 15 is 0 Å². The van der Waals surface area contributed by atoms with Gasteiger partial charge in [-0.25, -0.2) is 0 Å². The Kier molecular flexibility index (Phi) is 7.52. The van der Waals surface area contributed by atoms with E-state index in [2.05, 4.69) is 59.2 Å². The van der Waals surface area contributed by atoms with Crippen LogP contribution in [0.1, 0.15) is 43.0 Å². The van der Waals surface area contributed by atoms with Gasteiger partial charge in [-0.2, -0.15) is 0 Å². The van der Waals surface area contributed by atoms with Crippen LogP contribution in [-0.2, 0) is 5.41 Å². The molecule has 0 aromatic heterocycles.